The summed E-state index contributed by atoms with van der Waals surface area (Å²) < 4.78 is 27.9. The standard InChI is InChI=1S/C36H52N2O5/c1-22(2)29-12-10-23(3)30-17-32(42-33(39)13-11-28-18-38(9)21-37-28)36(8)15-14-35(7,43-36)27(16-31(29)30)20-41-34-26(6)25(5)24(4)19-40-34/h10-11,13-16,18,21-22,24-26,29-32,34H,12,17,19-20H2,1-9H3/b13-11+,27-16-/t24?,25?,26?,29-,30+,31-,32+,34?,35-,36+/m1/s1. The van der Waals surface area contributed by atoms with Gasteiger partial charge in [0.1, 0.15) is 17.3 Å². The molecule has 0 N–H and O–H groups in total. The van der Waals surface area contributed by atoms with Gasteiger partial charge in [-0.15, -0.1) is 0 Å². The Labute approximate surface area is 258 Å². The van der Waals surface area contributed by atoms with Crippen LogP contribution in [-0.4, -0.2) is 52.3 Å². The summed E-state index contributed by atoms with van der Waals surface area (Å²) in [5, 5.41) is 0. The second-order valence-electron chi connectivity index (χ2n) is 14.4. The number of imidazole rings is 1. The molecule has 0 aromatic carbocycles. The van der Waals surface area contributed by atoms with Crippen LogP contribution in [0.2, 0.25) is 0 Å². The zero-order chi connectivity index (χ0) is 31.1. The molecule has 1 aromatic heterocycles. The Morgan fingerprint density at radius 3 is 2.67 bits per heavy atom. The first-order chi connectivity index (χ1) is 20.3. The highest BCUT2D eigenvalue weighted by molar-refractivity contribution is 5.86. The van der Waals surface area contributed by atoms with Gasteiger partial charge in [-0.05, 0) is 86.8 Å². The molecule has 7 heteroatoms. The Hall–Kier alpha value is -2.48. The van der Waals surface area contributed by atoms with E-state index in [0.29, 0.717) is 54.9 Å². The van der Waals surface area contributed by atoms with Crippen LogP contribution in [0.25, 0.3) is 6.08 Å². The molecule has 1 aromatic rings. The fraction of sp³-hybridized carbons (Fsp3) is 0.667. The summed E-state index contributed by atoms with van der Waals surface area (Å²) in [7, 11) is 1.90. The van der Waals surface area contributed by atoms with Crippen molar-refractivity contribution in [3.8, 4) is 0 Å². The number of aryl methyl sites for hydroxylation is 1. The second-order valence-corrected chi connectivity index (χ2v) is 14.4. The predicted molar refractivity (Wildman–Crippen MR) is 169 cm³/mol. The van der Waals surface area contributed by atoms with Crippen molar-refractivity contribution in [3.05, 3.63) is 59.7 Å². The van der Waals surface area contributed by atoms with E-state index in [-0.39, 0.29) is 24.1 Å². The van der Waals surface area contributed by atoms with Gasteiger partial charge >= 0.3 is 5.97 Å². The van der Waals surface area contributed by atoms with Gasteiger partial charge in [0.15, 0.2) is 6.29 Å². The SMILES string of the molecule is CC1=CC[C@H](C(C)C)[C@H]2/C=C(/COC3OCC(C)C(C)C3C)[C@@]3(C)C=C[C@](C)(O3)[C@@H](OC(=O)/C=C/c3cn(C)cn3)C[C@@H]12. The summed E-state index contributed by atoms with van der Waals surface area (Å²) in [5.41, 5.74) is 1.70. The maximum absolute atomic E-state index is 13.2. The van der Waals surface area contributed by atoms with Crippen LogP contribution in [0.3, 0.4) is 0 Å². The normalized spacial score (nSPS) is 40.8. The second kappa shape index (κ2) is 12.5. The lowest BCUT2D eigenvalue weighted by Gasteiger charge is -2.41. The first-order valence-corrected chi connectivity index (χ1v) is 16.2. The van der Waals surface area contributed by atoms with E-state index in [0.717, 1.165) is 12.0 Å². The maximum Gasteiger partial charge on any atom is 0.331 e. The fourth-order valence-corrected chi connectivity index (χ4v) is 7.49. The maximum atomic E-state index is 13.2. The first-order valence-electron chi connectivity index (χ1n) is 16.2. The van der Waals surface area contributed by atoms with Gasteiger partial charge in [0.05, 0.1) is 25.2 Å². The average Bonchev–Trinajstić information content (AvgIpc) is 3.53. The summed E-state index contributed by atoms with van der Waals surface area (Å²) in [6.07, 6.45) is 16.8. The number of ether oxygens (including phenoxy) is 4. The quantitative estimate of drug-likeness (QED) is 0.195. The van der Waals surface area contributed by atoms with Crippen molar-refractivity contribution in [2.24, 2.45) is 48.5 Å². The van der Waals surface area contributed by atoms with Gasteiger partial charge in [0.25, 0.3) is 0 Å². The summed E-state index contributed by atoms with van der Waals surface area (Å²) >= 11 is 0. The third kappa shape index (κ3) is 6.64. The number of aromatic nitrogens is 2. The molecule has 43 heavy (non-hydrogen) atoms. The van der Waals surface area contributed by atoms with Gasteiger partial charge in [-0.25, -0.2) is 9.78 Å². The van der Waals surface area contributed by atoms with Gasteiger partial charge in [-0.3, -0.25) is 0 Å². The van der Waals surface area contributed by atoms with E-state index in [1.807, 2.05) is 24.7 Å². The lowest BCUT2D eigenvalue weighted by Crippen LogP contribution is -2.46. The van der Waals surface area contributed by atoms with Gasteiger partial charge in [-0.2, -0.15) is 0 Å². The number of fused-ring (bicyclic) bond motifs is 3. The number of allylic oxidation sites excluding steroid dienone is 3. The molecular weight excluding hydrogens is 540 g/mol. The van der Waals surface area contributed by atoms with Crippen molar-refractivity contribution in [3.63, 3.8) is 0 Å². The van der Waals surface area contributed by atoms with Crippen LogP contribution in [0.5, 0.6) is 0 Å². The van der Waals surface area contributed by atoms with Crippen LogP contribution in [0.15, 0.2) is 54.1 Å². The third-order valence-corrected chi connectivity index (χ3v) is 10.9. The molecule has 0 spiro atoms. The Morgan fingerprint density at radius 2 is 1.98 bits per heavy atom. The molecular formula is C36H52N2O5. The van der Waals surface area contributed by atoms with Crippen molar-refractivity contribution < 1.29 is 23.7 Å². The molecule has 0 saturated carbocycles. The largest absolute Gasteiger partial charge is 0.456 e. The summed E-state index contributed by atoms with van der Waals surface area (Å²) in [4.78, 5) is 17.5. The molecule has 10 atom stereocenters. The summed E-state index contributed by atoms with van der Waals surface area (Å²) in [6, 6.07) is 0. The molecule has 0 amide bonds. The zero-order valence-corrected chi connectivity index (χ0v) is 27.6. The van der Waals surface area contributed by atoms with Crippen LogP contribution in [0, 0.1) is 41.4 Å². The number of carbonyl (C=O) groups is 1. The van der Waals surface area contributed by atoms with Crippen LogP contribution in [-0.2, 0) is 30.8 Å². The summed E-state index contributed by atoms with van der Waals surface area (Å²) in [5.74, 6) is 2.41. The molecule has 3 aliphatic heterocycles. The van der Waals surface area contributed by atoms with E-state index in [1.165, 1.54) is 11.6 Å². The zero-order valence-electron chi connectivity index (χ0n) is 27.6. The number of carbonyl (C=O) groups excluding carboxylic acids is 1. The summed E-state index contributed by atoms with van der Waals surface area (Å²) in [6.45, 7) is 19.0. The number of hydrogen-bond acceptors (Lipinski definition) is 6. The fourth-order valence-electron chi connectivity index (χ4n) is 7.49. The Bertz CT molecular complexity index is 1290. The molecule has 1 fully saturated rings. The minimum absolute atomic E-state index is 0.219. The van der Waals surface area contributed by atoms with Crippen LogP contribution < -0.4 is 0 Å². The van der Waals surface area contributed by atoms with E-state index in [1.54, 1.807) is 12.4 Å². The van der Waals surface area contributed by atoms with Gasteiger partial charge in [0, 0.05) is 25.2 Å². The minimum Gasteiger partial charge on any atom is -0.456 e. The van der Waals surface area contributed by atoms with Crippen molar-refractivity contribution in [1.82, 2.24) is 9.55 Å². The number of esters is 1. The van der Waals surface area contributed by atoms with Crippen molar-refractivity contribution in [1.29, 1.82) is 0 Å². The molecule has 1 aliphatic carbocycles. The Kier molecular flexibility index (Phi) is 9.27. The van der Waals surface area contributed by atoms with Gasteiger partial charge in [-0.1, -0.05) is 58.4 Å². The van der Waals surface area contributed by atoms with Crippen molar-refractivity contribution in [2.75, 3.05) is 13.2 Å². The highest BCUT2D eigenvalue weighted by Crippen LogP contribution is 2.49. The highest BCUT2D eigenvalue weighted by Gasteiger charge is 2.51. The topological polar surface area (TPSA) is 71.8 Å². The molecule has 1 saturated heterocycles. The Morgan fingerprint density at radius 1 is 1.21 bits per heavy atom. The van der Waals surface area contributed by atoms with Crippen LogP contribution in [0.4, 0.5) is 0 Å². The van der Waals surface area contributed by atoms with E-state index in [9.17, 15) is 4.79 Å². The van der Waals surface area contributed by atoms with Crippen molar-refractivity contribution in [2.45, 2.75) is 91.8 Å². The highest BCUT2D eigenvalue weighted by atomic mass is 16.7. The predicted octanol–water partition coefficient (Wildman–Crippen LogP) is 6.91. The third-order valence-electron chi connectivity index (χ3n) is 10.9. The minimum atomic E-state index is -0.791. The van der Waals surface area contributed by atoms with E-state index >= 15 is 0 Å². The van der Waals surface area contributed by atoms with Gasteiger partial charge in [0.2, 0.25) is 0 Å². The molecule has 5 rings (SSSR count). The molecule has 0 radical (unpaired) electrons. The molecule has 7 nitrogen and oxygen atoms in total. The van der Waals surface area contributed by atoms with Crippen LogP contribution in [0.1, 0.15) is 73.9 Å². The number of hydrogen-bond donors (Lipinski definition) is 0. The first kappa shape index (κ1) is 31.9. The van der Waals surface area contributed by atoms with E-state index < -0.39 is 17.3 Å². The molecule has 4 unspecified atom stereocenters. The van der Waals surface area contributed by atoms with Gasteiger partial charge < -0.3 is 23.5 Å². The number of nitrogens with zero attached hydrogens (tertiary/aromatic N) is 2. The lowest BCUT2D eigenvalue weighted by atomic mass is 9.65. The van der Waals surface area contributed by atoms with Crippen molar-refractivity contribution >= 4 is 12.0 Å². The average molecular weight is 593 g/mol. The molecule has 4 heterocycles. The monoisotopic (exact) mass is 592 g/mol. The lowest BCUT2D eigenvalue weighted by molar-refractivity contribution is -0.214. The molecule has 2 bridgehead atoms. The molecule has 4 aliphatic rings. The Balaban J connectivity index is 1.46. The smallest absolute Gasteiger partial charge is 0.331 e. The van der Waals surface area contributed by atoms with E-state index in [4.69, 9.17) is 18.9 Å². The number of rotatable bonds is 7. The van der Waals surface area contributed by atoms with E-state index in [2.05, 4.69) is 77.8 Å². The molecule has 236 valence electrons. The van der Waals surface area contributed by atoms with Crippen LogP contribution >= 0.6 is 0 Å².